The van der Waals surface area contributed by atoms with E-state index in [1.807, 2.05) is 16.9 Å². The Labute approximate surface area is 122 Å². The fourth-order valence-electron chi connectivity index (χ4n) is 2.94. The standard InChI is InChI=1S/C16H19F2N3/c17-14-6-5-11(9-15(14)18)16(19)10-12-7-8-21(20-12)13-3-1-2-4-13/h5-9,13,16H,1-4,10,19H2. The Morgan fingerprint density at radius 2 is 1.95 bits per heavy atom. The summed E-state index contributed by atoms with van der Waals surface area (Å²) >= 11 is 0. The lowest BCUT2D eigenvalue weighted by atomic mass is 10.0. The summed E-state index contributed by atoms with van der Waals surface area (Å²) in [5.74, 6) is -1.71. The van der Waals surface area contributed by atoms with Crippen LogP contribution in [0.4, 0.5) is 8.78 Å². The number of halogens is 2. The summed E-state index contributed by atoms with van der Waals surface area (Å²) in [7, 11) is 0. The van der Waals surface area contributed by atoms with Crippen LogP contribution in [0.3, 0.4) is 0 Å². The highest BCUT2D eigenvalue weighted by Gasteiger charge is 2.18. The molecule has 1 atom stereocenters. The smallest absolute Gasteiger partial charge is 0.159 e. The van der Waals surface area contributed by atoms with E-state index in [9.17, 15) is 8.78 Å². The van der Waals surface area contributed by atoms with Gasteiger partial charge in [-0.1, -0.05) is 18.9 Å². The van der Waals surface area contributed by atoms with Gasteiger partial charge in [0.05, 0.1) is 11.7 Å². The SMILES string of the molecule is NC(Cc1ccn(C2CCCC2)n1)c1ccc(F)c(F)c1. The number of nitrogens with zero attached hydrogens (tertiary/aromatic N) is 2. The number of hydrogen-bond donors (Lipinski definition) is 1. The lowest BCUT2D eigenvalue weighted by Gasteiger charge is -2.12. The van der Waals surface area contributed by atoms with E-state index in [2.05, 4.69) is 5.10 Å². The molecule has 2 aromatic rings. The third kappa shape index (κ3) is 3.13. The molecule has 0 aliphatic heterocycles. The zero-order valence-corrected chi connectivity index (χ0v) is 11.8. The summed E-state index contributed by atoms with van der Waals surface area (Å²) in [5, 5.41) is 4.57. The number of nitrogens with two attached hydrogens (primary N) is 1. The van der Waals surface area contributed by atoms with Gasteiger partial charge in [-0.25, -0.2) is 8.78 Å². The van der Waals surface area contributed by atoms with Crippen LogP contribution in [-0.2, 0) is 6.42 Å². The number of benzene rings is 1. The Morgan fingerprint density at radius 3 is 2.67 bits per heavy atom. The minimum absolute atomic E-state index is 0.382. The van der Waals surface area contributed by atoms with Gasteiger partial charge in [0.25, 0.3) is 0 Å². The molecular weight excluding hydrogens is 272 g/mol. The quantitative estimate of drug-likeness (QED) is 0.936. The summed E-state index contributed by atoms with van der Waals surface area (Å²) in [6, 6.07) is 5.87. The van der Waals surface area contributed by atoms with Gasteiger partial charge in [0.15, 0.2) is 11.6 Å². The predicted octanol–water partition coefficient (Wildman–Crippen LogP) is 3.52. The molecule has 1 heterocycles. The van der Waals surface area contributed by atoms with Gasteiger partial charge < -0.3 is 5.73 Å². The van der Waals surface area contributed by atoms with Gasteiger partial charge in [0.2, 0.25) is 0 Å². The van der Waals surface area contributed by atoms with E-state index in [0.717, 1.165) is 17.8 Å². The summed E-state index contributed by atoms with van der Waals surface area (Å²) in [4.78, 5) is 0. The van der Waals surface area contributed by atoms with Crippen LogP contribution in [0.1, 0.15) is 49.0 Å². The fraction of sp³-hybridized carbons (Fsp3) is 0.438. The maximum Gasteiger partial charge on any atom is 0.159 e. The summed E-state index contributed by atoms with van der Waals surface area (Å²) < 4.78 is 28.2. The topological polar surface area (TPSA) is 43.8 Å². The Bertz CT molecular complexity index is 618. The maximum absolute atomic E-state index is 13.2. The van der Waals surface area contributed by atoms with Crippen molar-refractivity contribution in [1.29, 1.82) is 0 Å². The largest absolute Gasteiger partial charge is 0.324 e. The lowest BCUT2D eigenvalue weighted by molar-refractivity contribution is 0.461. The Balaban J connectivity index is 1.69. The van der Waals surface area contributed by atoms with Crippen molar-refractivity contribution >= 4 is 0 Å². The van der Waals surface area contributed by atoms with E-state index in [0.29, 0.717) is 18.0 Å². The van der Waals surface area contributed by atoms with E-state index in [-0.39, 0.29) is 6.04 Å². The first-order valence-corrected chi connectivity index (χ1v) is 7.38. The van der Waals surface area contributed by atoms with Crippen LogP contribution in [0.2, 0.25) is 0 Å². The van der Waals surface area contributed by atoms with Gasteiger partial charge in [0.1, 0.15) is 0 Å². The minimum Gasteiger partial charge on any atom is -0.324 e. The first-order chi connectivity index (χ1) is 10.1. The third-order valence-corrected chi connectivity index (χ3v) is 4.16. The second-order valence-electron chi connectivity index (χ2n) is 5.71. The average Bonchev–Trinajstić information content (AvgIpc) is 3.12. The molecule has 1 aliphatic carbocycles. The highest BCUT2D eigenvalue weighted by Crippen LogP contribution is 2.29. The van der Waals surface area contributed by atoms with Crippen molar-refractivity contribution in [2.45, 2.75) is 44.2 Å². The van der Waals surface area contributed by atoms with Crippen molar-refractivity contribution in [2.24, 2.45) is 5.73 Å². The van der Waals surface area contributed by atoms with Gasteiger partial charge in [-0.2, -0.15) is 5.10 Å². The first-order valence-electron chi connectivity index (χ1n) is 7.38. The minimum atomic E-state index is -0.862. The molecule has 3 rings (SSSR count). The highest BCUT2D eigenvalue weighted by atomic mass is 19.2. The Hall–Kier alpha value is -1.75. The molecule has 1 aromatic heterocycles. The lowest BCUT2D eigenvalue weighted by Crippen LogP contribution is -2.15. The Morgan fingerprint density at radius 1 is 1.19 bits per heavy atom. The molecule has 0 amide bonds. The zero-order chi connectivity index (χ0) is 14.8. The molecule has 0 spiro atoms. The molecule has 112 valence electrons. The molecule has 0 saturated heterocycles. The molecule has 1 unspecified atom stereocenters. The van der Waals surface area contributed by atoms with Crippen LogP contribution in [-0.4, -0.2) is 9.78 Å². The molecule has 5 heteroatoms. The summed E-state index contributed by atoms with van der Waals surface area (Å²) in [6.07, 6.45) is 7.38. The van der Waals surface area contributed by atoms with Crippen molar-refractivity contribution in [3.05, 3.63) is 53.4 Å². The zero-order valence-electron chi connectivity index (χ0n) is 11.8. The van der Waals surface area contributed by atoms with Crippen molar-refractivity contribution in [2.75, 3.05) is 0 Å². The van der Waals surface area contributed by atoms with E-state index in [1.54, 1.807) is 0 Å². The van der Waals surface area contributed by atoms with E-state index in [4.69, 9.17) is 5.73 Å². The van der Waals surface area contributed by atoms with Crippen molar-refractivity contribution in [3.8, 4) is 0 Å². The van der Waals surface area contributed by atoms with Crippen LogP contribution in [0.15, 0.2) is 30.5 Å². The Kier molecular flexibility index (Phi) is 4.01. The van der Waals surface area contributed by atoms with Gasteiger partial charge in [0, 0.05) is 18.7 Å². The summed E-state index contributed by atoms with van der Waals surface area (Å²) in [6.45, 7) is 0. The van der Waals surface area contributed by atoms with Gasteiger partial charge in [-0.3, -0.25) is 4.68 Å². The van der Waals surface area contributed by atoms with Crippen molar-refractivity contribution in [3.63, 3.8) is 0 Å². The molecular formula is C16H19F2N3. The fourth-order valence-corrected chi connectivity index (χ4v) is 2.94. The second-order valence-corrected chi connectivity index (χ2v) is 5.71. The van der Waals surface area contributed by atoms with E-state index >= 15 is 0 Å². The van der Waals surface area contributed by atoms with Gasteiger partial charge >= 0.3 is 0 Å². The molecule has 0 bridgehead atoms. The number of aromatic nitrogens is 2. The van der Waals surface area contributed by atoms with E-state index < -0.39 is 11.6 Å². The van der Waals surface area contributed by atoms with Crippen molar-refractivity contribution < 1.29 is 8.78 Å². The van der Waals surface area contributed by atoms with Crippen LogP contribution in [0.5, 0.6) is 0 Å². The molecule has 1 aromatic carbocycles. The normalized spacial score (nSPS) is 17.3. The van der Waals surface area contributed by atoms with Crippen LogP contribution in [0, 0.1) is 11.6 Å². The van der Waals surface area contributed by atoms with Crippen LogP contribution in [0.25, 0.3) is 0 Å². The average molecular weight is 291 g/mol. The van der Waals surface area contributed by atoms with Crippen LogP contribution < -0.4 is 5.73 Å². The monoisotopic (exact) mass is 291 g/mol. The summed E-state index contributed by atoms with van der Waals surface area (Å²) in [5.41, 5.74) is 7.55. The van der Waals surface area contributed by atoms with Gasteiger partial charge in [-0.05, 0) is 36.6 Å². The molecule has 1 saturated carbocycles. The van der Waals surface area contributed by atoms with E-state index in [1.165, 1.54) is 31.7 Å². The van der Waals surface area contributed by atoms with Crippen molar-refractivity contribution in [1.82, 2.24) is 9.78 Å². The predicted molar refractivity (Wildman–Crippen MR) is 76.7 cm³/mol. The molecule has 21 heavy (non-hydrogen) atoms. The van der Waals surface area contributed by atoms with Crippen LogP contribution >= 0.6 is 0 Å². The number of rotatable bonds is 4. The molecule has 1 fully saturated rings. The first kappa shape index (κ1) is 14.2. The van der Waals surface area contributed by atoms with Gasteiger partial charge in [-0.15, -0.1) is 0 Å². The third-order valence-electron chi connectivity index (χ3n) is 4.16. The second kappa shape index (κ2) is 5.93. The molecule has 0 radical (unpaired) electrons. The number of hydrogen-bond acceptors (Lipinski definition) is 2. The molecule has 3 nitrogen and oxygen atoms in total. The molecule has 2 N–H and O–H groups in total. The molecule has 1 aliphatic rings. The highest BCUT2D eigenvalue weighted by molar-refractivity contribution is 5.22. The maximum atomic E-state index is 13.2.